The van der Waals surface area contributed by atoms with Crippen LogP contribution in [0.2, 0.25) is 5.02 Å². The van der Waals surface area contributed by atoms with Crippen molar-refractivity contribution in [2.45, 2.75) is 32.6 Å². The van der Waals surface area contributed by atoms with Gasteiger partial charge < -0.3 is 15.2 Å². The number of anilines is 1. The average molecular weight is 314 g/mol. The molecule has 6 nitrogen and oxygen atoms in total. The lowest BCUT2D eigenvalue weighted by Crippen LogP contribution is -2.41. The second-order valence-electron chi connectivity index (χ2n) is 5.67. The molecule has 0 aliphatic heterocycles. The summed E-state index contributed by atoms with van der Waals surface area (Å²) in [6, 6.07) is 0.198. The Bertz CT molecular complexity index is 516. The zero-order valence-electron chi connectivity index (χ0n) is 12.2. The molecule has 7 heteroatoms. The third-order valence-electron chi connectivity index (χ3n) is 4.18. The van der Waals surface area contributed by atoms with Crippen LogP contribution in [-0.2, 0) is 4.79 Å². The Labute approximate surface area is 128 Å². The summed E-state index contributed by atoms with van der Waals surface area (Å²) >= 11 is 6.03. The molecule has 2 rings (SSSR count). The number of nitrogens with zero attached hydrogens (tertiary/aromatic N) is 2. The van der Waals surface area contributed by atoms with E-state index in [2.05, 4.69) is 22.2 Å². The molecular formula is C14H20ClN3O3. The van der Waals surface area contributed by atoms with Crippen LogP contribution in [-0.4, -0.2) is 34.7 Å². The topological polar surface area (TPSA) is 84.3 Å². The van der Waals surface area contributed by atoms with Crippen LogP contribution in [0.25, 0.3) is 0 Å². The lowest BCUT2D eigenvalue weighted by molar-refractivity contribution is -0.150. The summed E-state index contributed by atoms with van der Waals surface area (Å²) in [5.41, 5.74) is -0.756. The number of rotatable bonds is 5. The minimum absolute atomic E-state index is 0.198. The lowest BCUT2D eigenvalue weighted by Gasteiger charge is -2.36. The summed E-state index contributed by atoms with van der Waals surface area (Å²) in [6.07, 6.45) is 4.61. The van der Waals surface area contributed by atoms with E-state index in [0.717, 1.165) is 12.8 Å². The summed E-state index contributed by atoms with van der Waals surface area (Å²) in [7, 11) is 1.47. The van der Waals surface area contributed by atoms with E-state index in [0.29, 0.717) is 36.1 Å². The van der Waals surface area contributed by atoms with E-state index in [4.69, 9.17) is 16.3 Å². The van der Waals surface area contributed by atoms with Crippen LogP contribution >= 0.6 is 11.6 Å². The normalized spacial score (nSPS) is 25.4. The van der Waals surface area contributed by atoms with Crippen molar-refractivity contribution in [3.63, 3.8) is 0 Å². The van der Waals surface area contributed by atoms with E-state index in [1.807, 2.05) is 0 Å². The standard InChI is InChI=1S/C14H20ClN3O3/c1-9-3-5-14(6-4-9,12(19)20)8-17-11-10(15)7-16-13(18-11)21-2/h7,9H,3-6,8H2,1-2H3,(H,19,20)(H,16,17,18). The van der Waals surface area contributed by atoms with Crippen molar-refractivity contribution >= 4 is 23.4 Å². The Morgan fingerprint density at radius 3 is 2.81 bits per heavy atom. The maximum Gasteiger partial charge on any atom is 0.318 e. The Balaban J connectivity index is 2.11. The molecule has 0 radical (unpaired) electrons. The van der Waals surface area contributed by atoms with Gasteiger partial charge in [0.15, 0.2) is 5.82 Å². The largest absolute Gasteiger partial charge is 0.481 e. The maximum absolute atomic E-state index is 11.7. The highest BCUT2D eigenvalue weighted by Crippen LogP contribution is 2.39. The number of halogens is 1. The van der Waals surface area contributed by atoms with Crippen LogP contribution in [0.3, 0.4) is 0 Å². The van der Waals surface area contributed by atoms with Gasteiger partial charge >= 0.3 is 12.0 Å². The van der Waals surface area contributed by atoms with Gasteiger partial charge in [0.25, 0.3) is 0 Å². The second kappa shape index (κ2) is 6.47. The smallest absolute Gasteiger partial charge is 0.318 e. The van der Waals surface area contributed by atoms with E-state index in [-0.39, 0.29) is 6.01 Å². The summed E-state index contributed by atoms with van der Waals surface area (Å²) < 4.78 is 4.95. The van der Waals surface area contributed by atoms with E-state index in [1.165, 1.54) is 13.3 Å². The number of nitrogens with one attached hydrogen (secondary N) is 1. The highest BCUT2D eigenvalue weighted by Gasteiger charge is 2.41. The zero-order chi connectivity index (χ0) is 15.5. The van der Waals surface area contributed by atoms with E-state index >= 15 is 0 Å². The minimum atomic E-state index is -0.765. The molecule has 1 fully saturated rings. The van der Waals surface area contributed by atoms with Crippen LogP contribution in [0.4, 0.5) is 5.82 Å². The van der Waals surface area contributed by atoms with Gasteiger partial charge in [0.05, 0.1) is 18.7 Å². The number of carboxylic acid groups (broad SMARTS) is 1. The first-order valence-electron chi connectivity index (χ1n) is 7.00. The SMILES string of the molecule is COc1ncc(Cl)c(NCC2(C(=O)O)CCC(C)CC2)n1. The van der Waals surface area contributed by atoms with Crippen molar-refractivity contribution in [3.05, 3.63) is 11.2 Å². The fraction of sp³-hybridized carbons (Fsp3) is 0.643. The van der Waals surface area contributed by atoms with Gasteiger partial charge in [-0.25, -0.2) is 4.98 Å². The predicted octanol–water partition coefficient (Wildman–Crippen LogP) is 2.83. The quantitative estimate of drug-likeness (QED) is 0.869. The van der Waals surface area contributed by atoms with Gasteiger partial charge in [0.1, 0.15) is 5.02 Å². The van der Waals surface area contributed by atoms with Crippen LogP contribution in [0.1, 0.15) is 32.6 Å². The molecule has 0 saturated heterocycles. The fourth-order valence-electron chi connectivity index (χ4n) is 2.61. The van der Waals surface area contributed by atoms with Crippen LogP contribution in [0.5, 0.6) is 6.01 Å². The van der Waals surface area contributed by atoms with Crippen molar-refractivity contribution in [3.8, 4) is 6.01 Å². The Kier molecular flexibility index (Phi) is 4.88. The third-order valence-corrected chi connectivity index (χ3v) is 4.46. The van der Waals surface area contributed by atoms with Gasteiger partial charge in [-0.05, 0) is 31.6 Å². The molecule has 0 unspecified atom stereocenters. The summed E-state index contributed by atoms with van der Waals surface area (Å²) in [5.74, 6) is 0.224. The van der Waals surface area contributed by atoms with Crippen LogP contribution in [0, 0.1) is 11.3 Å². The Morgan fingerprint density at radius 1 is 1.57 bits per heavy atom. The minimum Gasteiger partial charge on any atom is -0.481 e. The second-order valence-corrected chi connectivity index (χ2v) is 6.08. The molecule has 1 saturated carbocycles. The number of methoxy groups -OCH3 is 1. The van der Waals surface area contributed by atoms with E-state index < -0.39 is 11.4 Å². The first kappa shape index (κ1) is 15.8. The van der Waals surface area contributed by atoms with Gasteiger partial charge in [0, 0.05) is 6.54 Å². The summed E-state index contributed by atoms with van der Waals surface area (Å²) in [4.78, 5) is 19.7. The molecule has 0 amide bonds. The van der Waals surface area contributed by atoms with Crippen LogP contribution in [0.15, 0.2) is 6.20 Å². The molecular weight excluding hydrogens is 294 g/mol. The number of carbonyl (C=O) groups is 1. The molecule has 0 bridgehead atoms. The van der Waals surface area contributed by atoms with Crippen molar-refractivity contribution < 1.29 is 14.6 Å². The number of hydrogen-bond donors (Lipinski definition) is 2. The average Bonchev–Trinajstić information content (AvgIpc) is 2.48. The van der Waals surface area contributed by atoms with Crippen molar-refractivity contribution in [1.29, 1.82) is 0 Å². The zero-order valence-corrected chi connectivity index (χ0v) is 13.0. The molecule has 0 aromatic carbocycles. The van der Waals surface area contributed by atoms with Crippen molar-refractivity contribution in [1.82, 2.24) is 9.97 Å². The summed E-state index contributed by atoms with van der Waals surface area (Å²) in [5, 5.41) is 13.0. The molecule has 1 aliphatic rings. The van der Waals surface area contributed by atoms with Crippen molar-refractivity contribution in [2.75, 3.05) is 19.0 Å². The van der Waals surface area contributed by atoms with E-state index in [1.54, 1.807) is 0 Å². The highest BCUT2D eigenvalue weighted by molar-refractivity contribution is 6.32. The first-order valence-corrected chi connectivity index (χ1v) is 7.38. The lowest BCUT2D eigenvalue weighted by atomic mass is 9.71. The fourth-order valence-corrected chi connectivity index (χ4v) is 2.77. The molecule has 1 heterocycles. The maximum atomic E-state index is 11.7. The molecule has 1 aromatic heterocycles. The summed E-state index contributed by atoms with van der Waals surface area (Å²) in [6.45, 7) is 2.46. The molecule has 0 atom stereocenters. The van der Waals surface area contributed by atoms with Crippen LogP contribution < -0.4 is 10.1 Å². The van der Waals surface area contributed by atoms with Gasteiger partial charge in [0.2, 0.25) is 0 Å². The number of aliphatic carboxylic acids is 1. The molecule has 0 spiro atoms. The van der Waals surface area contributed by atoms with E-state index in [9.17, 15) is 9.90 Å². The third kappa shape index (κ3) is 3.56. The molecule has 2 N–H and O–H groups in total. The monoisotopic (exact) mass is 313 g/mol. The van der Waals surface area contributed by atoms with Gasteiger partial charge in [-0.1, -0.05) is 18.5 Å². The number of carboxylic acids is 1. The number of aromatic nitrogens is 2. The molecule has 1 aromatic rings. The van der Waals surface area contributed by atoms with Gasteiger partial charge in [-0.15, -0.1) is 0 Å². The van der Waals surface area contributed by atoms with Crippen molar-refractivity contribution in [2.24, 2.45) is 11.3 Å². The van der Waals surface area contributed by atoms with Gasteiger partial charge in [-0.3, -0.25) is 4.79 Å². The predicted molar refractivity (Wildman–Crippen MR) is 79.8 cm³/mol. The number of hydrogen-bond acceptors (Lipinski definition) is 5. The number of ether oxygens (including phenoxy) is 1. The molecule has 21 heavy (non-hydrogen) atoms. The van der Waals surface area contributed by atoms with Gasteiger partial charge in [-0.2, -0.15) is 4.98 Å². The highest BCUT2D eigenvalue weighted by atomic mass is 35.5. The Morgan fingerprint density at radius 2 is 2.24 bits per heavy atom. The Hall–Kier alpha value is -1.56. The molecule has 1 aliphatic carbocycles. The first-order chi connectivity index (χ1) is 9.97. The molecule has 116 valence electrons.